The molecular weight excluding hydrogens is 176 g/mol. The second-order valence-electron chi connectivity index (χ2n) is 4.28. The first-order valence-corrected chi connectivity index (χ1v) is 5.73. The maximum absolute atomic E-state index is 11.5. The quantitative estimate of drug-likeness (QED) is 0.636. The van der Waals surface area contributed by atoms with Gasteiger partial charge in [0.1, 0.15) is 0 Å². The number of unbranched alkanes of at least 4 members (excludes halogenated alkanes) is 1. The van der Waals surface area contributed by atoms with Gasteiger partial charge in [0, 0.05) is 12.0 Å². The molecule has 1 amide bonds. The summed E-state index contributed by atoms with van der Waals surface area (Å²) in [6.07, 6.45) is 7.15. The van der Waals surface area contributed by atoms with E-state index in [2.05, 4.69) is 12.2 Å². The molecule has 3 heteroatoms. The maximum Gasteiger partial charge on any atom is 0.220 e. The zero-order valence-corrected chi connectivity index (χ0v) is 9.14. The van der Waals surface area contributed by atoms with Crippen molar-refractivity contribution >= 4 is 5.91 Å². The normalized spacial score (nSPS) is 18.7. The molecule has 0 unspecified atom stereocenters. The summed E-state index contributed by atoms with van der Waals surface area (Å²) in [7, 11) is 0. The molecule has 82 valence electrons. The minimum atomic E-state index is 0.153. The van der Waals surface area contributed by atoms with E-state index in [0.717, 1.165) is 32.1 Å². The van der Waals surface area contributed by atoms with E-state index in [0.29, 0.717) is 13.0 Å². The molecule has 1 fully saturated rings. The van der Waals surface area contributed by atoms with Gasteiger partial charge in [-0.05, 0) is 45.1 Å². The Hall–Kier alpha value is -0.570. The average Bonchev–Trinajstić information content (AvgIpc) is 2.12. The molecule has 1 aliphatic rings. The molecule has 14 heavy (non-hydrogen) atoms. The van der Waals surface area contributed by atoms with Crippen LogP contribution >= 0.6 is 0 Å². The van der Waals surface area contributed by atoms with Crippen molar-refractivity contribution in [3.8, 4) is 0 Å². The van der Waals surface area contributed by atoms with Crippen molar-refractivity contribution in [2.24, 2.45) is 5.73 Å². The second kappa shape index (κ2) is 5.35. The van der Waals surface area contributed by atoms with Crippen LogP contribution in [-0.4, -0.2) is 18.0 Å². The first kappa shape index (κ1) is 11.5. The molecule has 0 aliphatic heterocycles. The number of amides is 1. The Balaban J connectivity index is 2.18. The molecule has 0 aromatic carbocycles. The van der Waals surface area contributed by atoms with E-state index in [4.69, 9.17) is 5.73 Å². The molecule has 1 rings (SSSR count). The molecule has 0 bridgehead atoms. The zero-order valence-electron chi connectivity index (χ0n) is 9.14. The van der Waals surface area contributed by atoms with Gasteiger partial charge >= 0.3 is 0 Å². The lowest BCUT2D eigenvalue weighted by Gasteiger charge is -2.42. The van der Waals surface area contributed by atoms with Gasteiger partial charge < -0.3 is 11.1 Å². The summed E-state index contributed by atoms with van der Waals surface area (Å²) in [5.41, 5.74) is 5.53. The maximum atomic E-state index is 11.5. The van der Waals surface area contributed by atoms with Crippen LogP contribution in [0.5, 0.6) is 0 Å². The molecule has 1 saturated carbocycles. The smallest absolute Gasteiger partial charge is 0.220 e. The molecular formula is C11H22N2O. The number of nitrogens with one attached hydrogen (secondary N) is 1. The first-order chi connectivity index (χ1) is 6.72. The number of hydrogen-bond donors (Lipinski definition) is 2. The lowest BCUT2D eigenvalue weighted by Crippen LogP contribution is -2.52. The standard InChI is InChI=1S/C11H22N2O/c1-2-11(7-5-8-11)13-10(14)6-3-4-9-12/h2-9,12H2,1H3,(H,13,14). The summed E-state index contributed by atoms with van der Waals surface area (Å²) in [4.78, 5) is 11.5. The lowest BCUT2D eigenvalue weighted by molar-refractivity contribution is -0.124. The average molecular weight is 198 g/mol. The summed E-state index contributed by atoms with van der Waals surface area (Å²) in [5.74, 6) is 0.208. The van der Waals surface area contributed by atoms with Crippen LogP contribution in [0.3, 0.4) is 0 Å². The fourth-order valence-corrected chi connectivity index (χ4v) is 1.96. The molecule has 0 aromatic heterocycles. The van der Waals surface area contributed by atoms with Crippen LogP contribution < -0.4 is 11.1 Å². The van der Waals surface area contributed by atoms with E-state index in [9.17, 15) is 4.79 Å². The monoisotopic (exact) mass is 198 g/mol. The number of carbonyl (C=O) groups is 1. The topological polar surface area (TPSA) is 55.1 Å². The van der Waals surface area contributed by atoms with Gasteiger partial charge in [-0.1, -0.05) is 6.92 Å². The van der Waals surface area contributed by atoms with Gasteiger partial charge in [0.05, 0.1) is 0 Å². The van der Waals surface area contributed by atoms with Crippen LogP contribution in [0.25, 0.3) is 0 Å². The third kappa shape index (κ3) is 2.98. The van der Waals surface area contributed by atoms with Crippen LogP contribution in [0.4, 0.5) is 0 Å². The van der Waals surface area contributed by atoms with Gasteiger partial charge in [-0.15, -0.1) is 0 Å². The largest absolute Gasteiger partial charge is 0.351 e. The molecule has 0 saturated heterocycles. The third-order valence-corrected chi connectivity index (χ3v) is 3.25. The minimum Gasteiger partial charge on any atom is -0.351 e. The number of hydrogen-bond acceptors (Lipinski definition) is 2. The molecule has 0 spiro atoms. The Morgan fingerprint density at radius 1 is 1.43 bits per heavy atom. The molecule has 0 aromatic rings. The molecule has 3 N–H and O–H groups in total. The van der Waals surface area contributed by atoms with Gasteiger partial charge in [-0.2, -0.15) is 0 Å². The SMILES string of the molecule is CCC1(NC(=O)CCCCN)CCC1. The van der Waals surface area contributed by atoms with E-state index in [1.807, 2.05) is 0 Å². The fraction of sp³-hybridized carbons (Fsp3) is 0.909. The van der Waals surface area contributed by atoms with Gasteiger partial charge in [0.25, 0.3) is 0 Å². The van der Waals surface area contributed by atoms with Gasteiger partial charge in [0.2, 0.25) is 5.91 Å². The second-order valence-corrected chi connectivity index (χ2v) is 4.28. The van der Waals surface area contributed by atoms with Crippen molar-refractivity contribution in [1.82, 2.24) is 5.32 Å². The first-order valence-electron chi connectivity index (χ1n) is 5.73. The zero-order chi connectivity index (χ0) is 10.4. The predicted octanol–water partition coefficient (Wildman–Crippen LogP) is 1.56. The molecule has 0 heterocycles. The van der Waals surface area contributed by atoms with Crippen LogP contribution in [0.1, 0.15) is 51.9 Å². The highest BCUT2D eigenvalue weighted by Crippen LogP contribution is 2.34. The molecule has 0 atom stereocenters. The van der Waals surface area contributed by atoms with Crippen LogP contribution in [0.2, 0.25) is 0 Å². The number of carbonyl (C=O) groups excluding carboxylic acids is 1. The van der Waals surface area contributed by atoms with E-state index < -0.39 is 0 Å². The Morgan fingerprint density at radius 3 is 2.57 bits per heavy atom. The summed E-state index contributed by atoms with van der Waals surface area (Å²) < 4.78 is 0. The summed E-state index contributed by atoms with van der Waals surface area (Å²) in [6, 6.07) is 0. The van der Waals surface area contributed by atoms with E-state index in [1.165, 1.54) is 6.42 Å². The van der Waals surface area contributed by atoms with E-state index in [-0.39, 0.29) is 11.4 Å². The van der Waals surface area contributed by atoms with Crippen molar-refractivity contribution in [3.05, 3.63) is 0 Å². The highest BCUT2D eigenvalue weighted by atomic mass is 16.1. The Labute approximate surface area is 86.4 Å². The van der Waals surface area contributed by atoms with Crippen LogP contribution in [0.15, 0.2) is 0 Å². The lowest BCUT2D eigenvalue weighted by atomic mass is 9.75. The third-order valence-electron chi connectivity index (χ3n) is 3.25. The van der Waals surface area contributed by atoms with Crippen LogP contribution in [0, 0.1) is 0 Å². The van der Waals surface area contributed by atoms with Crippen molar-refractivity contribution in [2.45, 2.75) is 57.4 Å². The van der Waals surface area contributed by atoms with Gasteiger partial charge in [0.15, 0.2) is 0 Å². The van der Waals surface area contributed by atoms with E-state index in [1.54, 1.807) is 0 Å². The highest BCUT2D eigenvalue weighted by molar-refractivity contribution is 5.76. The molecule has 1 aliphatic carbocycles. The Bertz CT molecular complexity index is 182. The Kier molecular flexibility index (Phi) is 4.39. The number of rotatable bonds is 6. The Morgan fingerprint density at radius 2 is 2.14 bits per heavy atom. The van der Waals surface area contributed by atoms with Gasteiger partial charge in [-0.25, -0.2) is 0 Å². The summed E-state index contributed by atoms with van der Waals surface area (Å²) >= 11 is 0. The van der Waals surface area contributed by atoms with Crippen molar-refractivity contribution in [3.63, 3.8) is 0 Å². The predicted molar refractivity (Wildman–Crippen MR) is 57.9 cm³/mol. The van der Waals surface area contributed by atoms with Crippen molar-refractivity contribution in [2.75, 3.05) is 6.54 Å². The van der Waals surface area contributed by atoms with Crippen molar-refractivity contribution in [1.29, 1.82) is 0 Å². The van der Waals surface area contributed by atoms with Crippen molar-refractivity contribution < 1.29 is 4.79 Å². The summed E-state index contributed by atoms with van der Waals surface area (Å²) in [6.45, 7) is 2.84. The highest BCUT2D eigenvalue weighted by Gasteiger charge is 2.35. The summed E-state index contributed by atoms with van der Waals surface area (Å²) in [5, 5.41) is 3.16. The minimum absolute atomic E-state index is 0.153. The number of nitrogens with two attached hydrogens (primary N) is 1. The van der Waals surface area contributed by atoms with Gasteiger partial charge in [-0.3, -0.25) is 4.79 Å². The van der Waals surface area contributed by atoms with E-state index >= 15 is 0 Å². The molecule has 3 nitrogen and oxygen atoms in total. The molecule has 0 radical (unpaired) electrons. The fourth-order valence-electron chi connectivity index (χ4n) is 1.96. The van der Waals surface area contributed by atoms with Crippen LogP contribution in [-0.2, 0) is 4.79 Å².